The number of aryl methyl sites for hydroxylation is 1. The average Bonchev–Trinajstić information content (AvgIpc) is 3.28. The first kappa shape index (κ1) is 22.1. The van der Waals surface area contributed by atoms with Gasteiger partial charge in [0.25, 0.3) is 0 Å². The van der Waals surface area contributed by atoms with Gasteiger partial charge >= 0.3 is 0 Å². The second-order valence-electron chi connectivity index (χ2n) is 7.83. The molecule has 2 atom stereocenters. The van der Waals surface area contributed by atoms with Crippen molar-refractivity contribution in [3.63, 3.8) is 0 Å². The number of carbonyl (C=O) groups excluding carboxylic acids is 1. The van der Waals surface area contributed by atoms with E-state index in [4.69, 9.17) is 4.74 Å². The van der Waals surface area contributed by atoms with E-state index in [1.54, 1.807) is 24.0 Å². The number of pyridine rings is 1. The number of hydrogen-bond acceptors (Lipinski definition) is 6. The third-order valence-corrected chi connectivity index (χ3v) is 5.39. The summed E-state index contributed by atoms with van der Waals surface area (Å²) in [5.41, 5.74) is 3.02. The molecule has 2 heterocycles. The number of amides is 1. The monoisotopic (exact) mass is 442 g/mol. The Kier molecular flexibility index (Phi) is 7.04. The summed E-state index contributed by atoms with van der Waals surface area (Å²) in [6.07, 6.45) is 4.01. The number of tetrazole rings is 1. The van der Waals surface area contributed by atoms with Crippen LogP contribution in [0.15, 0.2) is 79.1 Å². The van der Waals surface area contributed by atoms with E-state index in [0.717, 1.165) is 22.4 Å². The fourth-order valence-corrected chi connectivity index (χ4v) is 3.55. The maximum Gasteiger partial charge on any atom is 0.245 e. The van der Waals surface area contributed by atoms with Gasteiger partial charge in [-0.15, -0.1) is 5.10 Å². The quantitative estimate of drug-likeness (QED) is 0.425. The smallest absolute Gasteiger partial charge is 0.245 e. The number of nitrogens with zero attached hydrogens (tertiary/aromatic N) is 5. The van der Waals surface area contributed by atoms with Crippen molar-refractivity contribution in [3.05, 3.63) is 102 Å². The van der Waals surface area contributed by atoms with Gasteiger partial charge in [0.2, 0.25) is 5.91 Å². The summed E-state index contributed by atoms with van der Waals surface area (Å²) in [5, 5.41) is 14.8. The molecule has 168 valence electrons. The van der Waals surface area contributed by atoms with E-state index in [1.165, 1.54) is 0 Å². The minimum atomic E-state index is -0.549. The molecule has 2 aromatic carbocycles. The van der Waals surface area contributed by atoms with Crippen molar-refractivity contribution >= 4 is 5.91 Å². The number of ether oxygens (including phenoxy) is 1. The van der Waals surface area contributed by atoms with Gasteiger partial charge in [0.1, 0.15) is 24.2 Å². The molecule has 0 saturated heterocycles. The van der Waals surface area contributed by atoms with E-state index in [2.05, 4.69) is 25.8 Å². The Balaban J connectivity index is 1.41. The molecule has 2 unspecified atom stereocenters. The fraction of sp³-hybridized carbons (Fsp3) is 0.240. The minimum Gasteiger partial charge on any atom is -0.489 e. The van der Waals surface area contributed by atoms with Gasteiger partial charge in [0.15, 0.2) is 0 Å². The highest BCUT2D eigenvalue weighted by atomic mass is 16.5. The average molecular weight is 443 g/mol. The zero-order chi connectivity index (χ0) is 23.0. The molecule has 1 amide bonds. The molecular formula is C25H26N6O2. The molecule has 0 aliphatic heterocycles. The van der Waals surface area contributed by atoms with E-state index >= 15 is 0 Å². The molecule has 4 aromatic rings. The summed E-state index contributed by atoms with van der Waals surface area (Å²) in [6, 6.07) is 20.7. The molecule has 0 bridgehead atoms. The van der Waals surface area contributed by atoms with Gasteiger partial charge in [-0.3, -0.25) is 9.78 Å². The molecule has 8 nitrogen and oxygen atoms in total. The second kappa shape index (κ2) is 10.5. The molecule has 33 heavy (non-hydrogen) atoms. The number of nitrogens with one attached hydrogen (secondary N) is 1. The van der Waals surface area contributed by atoms with Gasteiger partial charge < -0.3 is 10.1 Å². The van der Waals surface area contributed by atoms with Crippen LogP contribution in [0.1, 0.15) is 41.5 Å². The number of carbonyl (C=O) groups is 1. The first-order valence-corrected chi connectivity index (χ1v) is 10.8. The Hall–Kier alpha value is -4.07. The molecule has 0 fully saturated rings. The van der Waals surface area contributed by atoms with Crippen molar-refractivity contribution in [1.82, 2.24) is 30.5 Å². The van der Waals surface area contributed by atoms with Crippen molar-refractivity contribution in [2.45, 2.75) is 39.0 Å². The molecule has 0 radical (unpaired) electrons. The van der Waals surface area contributed by atoms with Crippen molar-refractivity contribution in [3.8, 4) is 5.75 Å². The molecule has 4 rings (SSSR count). The van der Waals surface area contributed by atoms with Crippen LogP contribution in [0.25, 0.3) is 0 Å². The van der Waals surface area contributed by atoms with Crippen LogP contribution in [0.4, 0.5) is 0 Å². The third kappa shape index (κ3) is 5.79. The van der Waals surface area contributed by atoms with Crippen molar-refractivity contribution in [2.75, 3.05) is 0 Å². The van der Waals surface area contributed by atoms with Gasteiger partial charge in [-0.1, -0.05) is 48.5 Å². The van der Waals surface area contributed by atoms with E-state index in [1.807, 2.05) is 73.7 Å². The van der Waals surface area contributed by atoms with Crippen molar-refractivity contribution in [2.24, 2.45) is 0 Å². The first-order valence-electron chi connectivity index (χ1n) is 10.8. The molecule has 8 heteroatoms. The number of aromatic nitrogens is 5. The predicted octanol–water partition coefficient (Wildman–Crippen LogP) is 3.62. The SMILES string of the molecule is Cc1nnnn1C(Cc1ccccc1)C(=O)NC(C)c1ccc(OCc2cccnc2)cc1. The summed E-state index contributed by atoms with van der Waals surface area (Å²) in [7, 11) is 0. The summed E-state index contributed by atoms with van der Waals surface area (Å²) in [6.45, 7) is 4.19. The summed E-state index contributed by atoms with van der Waals surface area (Å²) < 4.78 is 7.40. The largest absolute Gasteiger partial charge is 0.489 e. The van der Waals surface area contributed by atoms with E-state index in [-0.39, 0.29) is 11.9 Å². The Morgan fingerprint density at radius 2 is 1.79 bits per heavy atom. The molecule has 0 saturated carbocycles. The van der Waals surface area contributed by atoms with Crippen LogP contribution < -0.4 is 10.1 Å². The highest BCUT2D eigenvalue weighted by Gasteiger charge is 2.25. The number of rotatable bonds is 9. The molecule has 0 aliphatic rings. The van der Waals surface area contributed by atoms with Gasteiger partial charge in [-0.25, -0.2) is 4.68 Å². The lowest BCUT2D eigenvalue weighted by atomic mass is 10.0. The van der Waals surface area contributed by atoms with Crippen LogP contribution in [0.2, 0.25) is 0 Å². The first-order chi connectivity index (χ1) is 16.1. The summed E-state index contributed by atoms with van der Waals surface area (Å²) in [4.78, 5) is 17.3. The normalized spacial score (nSPS) is 12.7. The van der Waals surface area contributed by atoms with Crippen LogP contribution >= 0.6 is 0 Å². The lowest BCUT2D eigenvalue weighted by Crippen LogP contribution is -2.36. The van der Waals surface area contributed by atoms with Gasteiger partial charge in [-0.2, -0.15) is 0 Å². The predicted molar refractivity (Wildman–Crippen MR) is 123 cm³/mol. The minimum absolute atomic E-state index is 0.140. The van der Waals surface area contributed by atoms with Crippen LogP contribution in [0.3, 0.4) is 0 Å². The maximum atomic E-state index is 13.3. The van der Waals surface area contributed by atoms with Crippen molar-refractivity contribution in [1.29, 1.82) is 0 Å². The van der Waals surface area contributed by atoms with Gasteiger partial charge in [-0.05, 0) is 53.6 Å². The Morgan fingerprint density at radius 1 is 1.03 bits per heavy atom. The molecule has 0 aliphatic carbocycles. The second-order valence-corrected chi connectivity index (χ2v) is 7.83. The van der Waals surface area contributed by atoms with E-state index < -0.39 is 6.04 Å². The fourth-order valence-electron chi connectivity index (χ4n) is 3.55. The van der Waals surface area contributed by atoms with Gasteiger partial charge in [0.05, 0.1) is 6.04 Å². The zero-order valence-electron chi connectivity index (χ0n) is 18.6. The lowest BCUT2D eigenvalue weighted by Gasteiger charge is -2.21. The number of benzene rings is 2. The van der Waals surface area contributed by atoms with Crippen molar-refractivity contribution < 1.29 is 9.53 Å². The molecule has 2 aromatic heterocycles. The topological polar surface area (TPSA) is 94.8 Å². The molecular weight excluding hydrogens is 416 g/mol. The summed E-state index contributed by atoms with van der Waals surface area (Å²) >= 11 is 0. The van der Waals surface area contributed by atoms with Gasteiger partial charge in [0, 0.05) is 24.4 Å². The Morgan fingerprint density at radius 3 is 2.45 bits per heavy atom. The third-order valence-electron chi connectivity index (χ3n) is 5.39. The van der Waals surface area contributed by atoms with Crippen LogP contribution in [0, 0.1) is 6.92 Å². The highest BCUT2D eigenvalue weighted by molar-refractivity contribution is 5.81. The Labute approximate surface area is 192 Å². The molecule has 1 N–H and O–H groups in total. The highest BCUT2D eigenvalue weighted by Crippen LogP contribution is 2.21. The summed E-state index contributed by atoms with van der Waals surface area (Å²) in [5.74, 6) is 1.21. The van der Waals surface area contributed by atoms with Crippen LogP contribution in [-0.2, 0) is 17.8 Å². The lowest BCUT2D eigenvalue weighted by molar-refractivity contribution is -0.125. The van der Waals surface area contributed by atoms with E-state index in [0.29, 0.717) is 18.9 Å². The standard InChI is InChI=1S/C25H26N6O2/c1-18(22-10-12-23(13-11-22)33-17-21-9-6-14-26-16-21)27-25(32)24(31-19(2)28-29-30-31)15-20-7-4-3-5-8-20/h3-14,16,18,24H,15,17H2,1-2H3,(H,27,32). The number of hydrogen-bond donors (Lipinski definition) is 1. The van der Waals surface area contributed by atoms with E-state index in [9.17, 15) is 4.79 Å². The van der Waals surface area contributed by atoms with Crippen LogP contribution in [0.5, 0.6) is 5.75 Å². The maximum absolute atomic E-state index is 13.3. The Bertz CT molecular complexity index is 1160. The molecule has 0 spiro atoms. The van der Waals surface area contributed by atoms with Crippen LogP contribution in [-0.4, -0.2) is 31.1 Å². The zero-order valence-corrected chi connectivity index (χ0v) is 18.6.